The summed E-state index contributed by atoms with van der Waals surface area (Å²) in [6, 6.07) is 3.66. The van der Waals surface area contributed by atoms with E-state index < -0.39 is 6.04 Å². The second kappa shape index (κ2) is 8.02. The minimum absolute atomic E-state index is 0.0923. The van der Waals surface area contributed by atoms with Crippen LogP contribution in [0.3, 0.4) is 0 Å². The molecule has 3 rings (SSSR count). The van der Waals surface area contributed by atoms with E-state index in [0.29, 0.717) is 25.5 Å². The summed E-state index contributed by atoms with van der Waals surface area (Å²) in [5, 5.41) is 12.1. The number of morpholine rings is 1. The zero-order chi connectivity index (χ0) is 16.9. The fraction of sp³-hybridized carbons (Fsp3) is 0.647. The molecular weight excluding hydrogens is 308 g/mol. The number of amides is 1. The van der Waals surface area contributed by atoms with Gasteiger partial charge in [0.15, 0.2) is 0 Å². The van der Waals surface area contributed by atoms with E-state index in [1.165, 1.54) is 0 Å². The summed E-state index contributed by atoms with van der Waals surface area (Å²) in [6.07, 6.45) is 5.57. The molecule has 1 aromatic heterocycles. The third-order valence-electron chi connectivity index (χ3n) is 4.83. The van der Waals surface area contributed by atoms with Gasteiger partial charge in [-0.25, -0.2) is 0 Å². The van der Waals surface area contributed by atoms with Crippen molar-refractivity contribution in [1.82, 2.24) is 15.2 Å². The molecule has 7 nitrogen and oxygen atoms in total. The smallest absolute Gasteiger partial charge is 0.237 e. The molecule has 2 saturated heterocycles. The molecule has 3 heterocycles. The van der Waals surface area contributed by atoms with Crippen LogP contribution in [0.5, 0.6) is 0 Å². The van der Waals surface area contributed by atoms with Crippen molar-refractivity contribution in [3.63, 3.8) is 0 Å². The Bertz CT molecular complexity index is 542. The zero-order valence-corrected chi connectivity index (χ0v) is 13.8. The first kappa shape index (κ1) is 17.3. The van der Waals surface area contributed by atoms with Crippen LogP contribution in [0.1, 0.15) is 18.4 Å². The number of nitrogens with two attached hydrogens (primary N) is 1. The van der Waals surface area contributed by atoms with Crippen LogP contribution >= 0.6 is 0 Å². The largest absolute Gasteiger partial charge is 0.396 e. The Labute approximate surface area is 142 Å². The lowest BCUT2D eigenvalue weighted by molar-refractivity contribution is -0.123. The fourth-order valence-electron chi connectivity index (χ4n) is 3.54. The lowest BCUT2D eigenvalue weighted by atomic mass is 10.1. The molecule has 0 bridgehead atoms. The lowest BCUT2D eigenvalue weighted by Gasteiger charge is -2.34. The molecule has 0 radical (unpaired) electrons. The molecule has 24 heavy (non-hydrogen) atoms. The van der Waals surface area contributed by atoms with Crippen molar-refractivity contribution in [2.75, 3.05) is 26.3 Å². The normalized spacial score (nSPS) is 28.3. The Morgan fingerprint density at radius 1 is 1.46 bits per heavy atom. The number of pyridine rings is 1. The average Bonchev–Trinajstić information content (AvgIpc) is 2.97. The maximum Gasteiger partial charge on any atom is 0.237 e. The van der Waals surface area contributed by atoms with Crippen LogP contribution in [0.2, 0.25) is 0 Å². The van der Waals surface area contributed by atoms with Crippen LogP contribution < -0.4 is 11.1 Å². The highest BCUT2D eigenvalue weighted by Crippen LogP contribution is 2.24. The number of hydrogen-bond donors (Lipinski definition) is 3. The molecule has 2 aliphatic rings. The van der Waals surface area contributed by atoms with Gasteiger partial charge in [0.25, 0.3) is 0 Å². The van der Waals surface area contributed by atoms with Gasteiger partial charge in [-0.05, 0) is 37.0 Å². The van der Waals surface area contributed by atoms with E-state index in [9.17, 15) is 4.79 Å². The summed E-state index contributed by atoms with van der Waals surface area (Å²) in [7, 11) is 0. The first-order valence-electron chi connectivity index (χ1n) is 8.57. The van der Waals surface area contributed by atoms with Crippen LogP contribution in [0.15, 0.2) is 24.5 Å². The first-order chi connectivity index (χ1) is 11.7. The number of carbonyl (C=O) groups is 1. The van der Waals surface area contributed by atoms with Crippen LogP contribution in [0, 0.1) is 0 Å². The Morgan fingerprint density at radius 2 is 2.25 bits per heavy atom. The molecule has 0 aliphatic carbocycles. The van der Waals surface area contributed by atoms with Crippen LogP contribution in [-0.2, 0) is 16.0 Å². The second-order valence-corrected chi connectivity index (χ2v) is 6.68. The number of rotatable bonds is 6. The maximum atomic E-state index is 12.3. The number of nitrogens with one attached hydrogen (secondary N) is 1. The minimum Gasteiger partial charge on any atom is -0.396 e. The summed E-state index contributed by atoms with van der Waals surface area (Å²) in [5.41, 5.74) is 7.05. The average molecular weight is 334 g/mol. The number of aliphatic hydroxyl groups is 1. The number of hydrogen-bond acceptors (Lipinski definition) is 6. The van der Waals surface area contributed by atoms with Gasteiger partial charge in [-0.2, -0.15) is 0 Å². The molecule has 0 saturated carbocycles. The molecule has 0 aromatic carbocycles. The van der Waals surface area contributed by atoms with Crippen molar-refractivity contribution in [3.05, 3.63) is 30.1 Å². The van der Waals surface area contributed by atoms with Crippen LogP contribution in [0.25, 0.3) is 0 Å². The highest BCUT2D eigenvalue weighted by Gasteiger charge is 2.38. The summed E-state index contributed by atoms with van der Waals surface area (Å²) >= 11 is 0. The van der Waals surface area contributed by atoms with Gasteiger partial charge >= 0.3 is 0 Å². The second-order valence-electron chi connectivity index (χ2n) is 6.68. The van der Waals surface area contributed by atoms with Gasteiger partial charge in [-0.1, -0.05) is 0 Å². The number of nitrogens with zero attached hydrogens (tertiary/aromatic N) is 2. The third-order valence-corrected chi connectivity index (χ3v) is 4.83. The molecular formula is C17H26N4O3. The number of aliphatic hydroxyl groups excluding tert-OH is 1. The van der Waals surface area contributed by atoms with Gasteiger partial charge < -0.3 is 20.9 Å². The Balaban J connectivity index is 1.47. The van der Waals surface area contributed by atoms with Crippen molar-refractivity contribution in [1.29, 1.82) is 0 Å². The fourth-order valence-corrected chi connectivity index (χ4v) is 3.54. The minimum atomic E-state index is -0.552. The van der Waals surface area contributed by atoms with E-state index in [1.807, 2.05) is 12.1 Å². The SMILES string of the molecule is N[C@H](Cc1ccncc1)C(=O)N[C@@H]1C[C@H]2CO[C@@H](CCO)CN2C1. The van der Waals surface area contributed by atoms with E-state index in [1.54, 1.807) is 12.4 Å². The van der Waals surface area contributed by atoms with Gasteiger partial charge in [0, 0.05) is 44.2 Å². The summed E-state index contributed by atoms with van der Waals surface area (Å²) in [6.45, 7) is 2.46. The zero-order valence-electron chi connectivity index (χ0n) is 13.8. The molecule has 132 valence electrons. The topological polar surface area (TPSA) is 101 Å². The Morgan fingerprint density at radius 3 is 3.00 bits per heavy atom. The van der Waals surface area contributed by atoms with E-state index in [-0.39, 0.29) is 24.7 Å². The van der Waals surface area contributed by atoms with Gasteiger partial charge in [0.05, 0.1) is 18.8 Å². The molecule has 4 atom stereocenters. The van der Waals surface area contributed by atoms with Crippen molar-refractivity contribution in [2.24, 2.45) is 5.73 Å². The Kier molecular flexibility index (Phi) is 5.78. The summed E-state index contributed by atoms with van der Waals surface area (Å²) in [5.74, 6) is -0.107. The van der Waals surface area contributed by atoms with E-state index >= 15 is 0 Å². The standard InChI is InChI=1S/C17H26N4O3/c18-16(7-12-1-4-19-5-2-12)17(23)20-13-8-14-11-24-15(3-6-22)10-21(14)9-13/h1-2,4-5,13-16,22H,3,6-11,18H2,(H,20,23)/t13-,14+,15+,16-/m1/s1. The number of ether oxygens (including phenoxy) is 1. The summed E-state index contributed by atoms with van der Waals surface area (Å²) in [4.78, 5) is 18.7. The first-order valence-corrected chi connectivity index (χ1v) is 8.57. The number of aromatic nitrogens is 1. The summed E-state index contributed by atoms with van der Waals surface area (Å²) < 4.78 is 5.77. The number of carbonyl (C=O) groups excluding carboxylic acids is 1. The van der Waals surface area contributed by atoms with Gasteiger partial charge in [0.2, 0.25) is 5.91 Å². The molecule has 1 amide bonds. The highest BCUT2D eigenvalue weighted by molar-refractivity contribution is 5.82. The number of fused-ring (bicyclic) bond motifs is 1. The van der Waals surface area contributed by atoms with E-state index in [0.717, 1.165) is 25.1 Å². The lowest BCUT2D eigenvalue weighted by Crippen LogP contribution is -2.48. The third kappa shape index (κ3) is 4.30. The van der Waals surface area contributed by atoms with Gasteiger partial charge in [-0.15, -0.1) is 0 Å². The highest BCUT2D eigenvalue weighted by atomic mass is 16.5. The van der Waals surface area contributed by atoms with Crippen LogP contribution in [0.4, 0.5) is 0 Å². The van der Waals surface area contributed by atoms with Crippen LogP contribution in [-0.4, -0.2) is 71.4 Å². The van der Waals surface area contributed by atoms with Crippen molar-refractivity contribution in [2.45, 2.75) is 43.5 Å². The Hall–Kier alpha value is -1.54. The molecule has 0 spiro atoms. The maximum absolute atomic E-state index is 12.3. The molecule has 4 N–H and O–H groups in total. The van der Waals surface area contributed by atoms with Gasteiger partial charge in [0.1, 0.15) is 0 Å². The predicted octanol–water partition coefficient (Wildman–Crippen LogP) is -0.708. The molecule has 1 aromatic rings. The quantitative estimate of drug-likeness (QED) is 0.635. The van der Waals surface area contributed by atoms with Gasteiger partial charge in [-0.3, -0.25) is 14.7 Å². The van der Waals surface area contributed by atoms with E-state index in [4.69, 9.17) is 15.6 Å². The molecule has 7 heteroatoms. The monoisotopic (exact) mass is 334 g/mol. The molecule has 2 fully saturated rings. The van der Waals surface area contributed by atoms with Crippen molar-refractivity contribution in [3.8, 4) is 0 Å². The van der Waals surface area contributed by atoms with Crippen molar-refractivity contribution < 1.29 is 14.6 Å². The molecule has 2 aliphatic heterocycles. The predicted molar refractivity (Wildman–Crippen MR) is 89.3 cm³/mol. The van der Waals surface area contributed by atoms with E-state index in [2.05, 4.69) is 15.2 Å². The van der Waals surface area contributed by atoms with Crippen molar-refractivity contribution >= 4 is 5.91 Å². The molecule has 0 unspecified atom stereocenters.